The number of imidazole rings is 1. The third kappa shape index (κ3) is 4.09. The number of fused-ring (bicyclic) bond motifs is 1. The van der Waals surface area contributed by atoms with Gasteiger partial charge in [0.05, 0.1) is 23.6 Å². The van der Waals surface area contributed by atoms with E-state index in [4.69, 9.17) is 9.72 Å². The summed E-state index contributed by atoms with van der Waals surface area (Å²) in [5, 5.41) is 2.96. The van der Waals surface area contributed by atoms with E-state index in [1.54, 1.807) is 6.92 Å². The minimum Gasteiger partial charge on any atom is -0.491 e. The smallest absolute Gasteiger partial charge is 0.246 e. The number of ether oxygens (including phenoxy) is 1. The number of carbonyl (C=O) groups is 1. The van der Waals surface area contributed by atoms with E-state index in [-0.39, 0.29) is 11.9 Å². The molecule has 28 heavy (non-hydrogen) atoms. The first-order chi connectivity index (χ1) is 13.4. The molecule has 1 amide bonds. The van der Waals surface area contributed by atoms with Gasteiger partial charge in [0.2, 0.25) is 5.91 Å². The standard InChI is InChI=1S/C23H27N3O2/c1-15(2)23(27)24-18(5)22-25-19-10-6-7-11-20(19)26(22)13-14-28-21-12-8-9-16(3)17(21)4/h6-12,18H,1,13-14H2,2-5H3,(H,24,27). The molecule has 0 radical (unpaired) electrons. The highest BCUT2D eigenvalue weighted by atomic mass is 16.5. The summed E-state index contributed by atoms with van der Waals surface area (Å²) < 4.78 is 8.16. The number of aryl methyl sites for hydroxylation is 1. The Bertz CT molecular complexity index is 1020. The number of carbonyl (C=O) groups excluding carboxylic acids is 1. The number of para-hydroxylation sites is 2. The van der Waals surface area contributed by atoms with E-state index in [2.05, 4.69) is 36.4 Å². The van der Waals surface area contributed by atoms with Gasteiger partial charge in [-0.1, -0.05) is 30.8 Å². The predicted molar refractivity (Wildman–Crippen MR) is 113 cm³/mol. The molecule has 1 atom stereocenters. The van der Waals surface area contributed by atoms with Crippen molar-refractivity contribution in [3.05, 3.63) is 71.6 Å². The number of benzene rings is 2. The van der Waals surface area contributed by atoms with Crippen LogP contribution in [0.4, 0.5) is 0 Å². The molecule has 0 saturated carbocycles. The summed E-state index contributed by atoms with van der Waals surface area (Å²) >= 11 is 0. The van der Waals surface area contributed by atoms with Crippen LogP contribution in [0, 0.1) is 13.8 Å². The minimum absolute atomic E-state index is 0.169. The van der Waals surface area contributed by atoms with Crippen LogP contribution in [-0.4, -0.2) is 22.1 Å². The molecular formula is C23H27N3O2. The van der Waals surface area contributed by atoms with Crippen molar-refractivity contribution in [3.63, 3.8) is 0 Å². The number of hydrogen-bond donors (Lipinski definition) is 1. The Kier molecular flexibility index (Phi) is 5.83. The van der Waals surface area contributed by atoms with E-state index in [1.165, 1.54) is 5.56 Å². The van der Waals surface area contributed by atoms with E-state index in [1.807, 2.05) is 43.3 Å². The predicted octanol–water partition coefficient (Wildman–Crippen LogP) is 4.49. The van der Waals surface area contributed by atoms with Gasteiger partial charge in [-0.3, -0.25) is 4.79 Å². The number of aromatic nitrogens is 2. The fourth-order valence-electron chi connectivity index (χ4n) is 3.17. The molecule has 5 heteroatoms. The van der Waals surface area contributed by atoms with Crippen LogP contribution in [0.1, 0.15) is 36.8 Å². The highest BCUT2D eigenvalue weighted by molar-refractivity contribution is 5.92. The summed E-state index contributed by atoms with van der Waals surface area (Å²) in [6.45, 7) is 12.6. The zero-order valence-corrected chi connectivity index (χ0v) is 17.0. The zero-order chi connectivity index (χ0) is 20.3. The molecule has 1 unspecified atom stereocenters. The lowest BCUT2D eigenvalue weighted by atomic mass is 10.1. The van der Waals surface area contributed by atoms with Crippen LogP contribution in [-0.2, 0) is 11.3 Å². The number of nitrogens with zero attached hydrogens (tertiary/aromatic N) is 2. The first-order valence-electron chi connectivity index (χ1n) is 9.49. The molecule has 146 valence electrons. The molecule has 5 nitrogen and oxygen atoms in total. The van der Waals surface area contributed by atoms with Crippen molar-refractivity contribution in [2.45, 2.75) is 40.3 Å². The number of rotatable bonds is 7. The topological polar surface area (TPSA) is 56.2 Å². The molecule has 1 N–H and O–H groups in total. The van der Waals surface area contributed by atoms with Crippen LogP contribution in [0.2, 0.25) is 0 Å². The fourth-order valence-corrected chi connectivity index (χ4v) is 3.17. The van der Waals surface area contributed by atoms with Gasteiger partial charge in [-0.2, -0.15) is 0 Å². The van der Waals surface area contributed by atoms with Gasteiger partial charge in [-0.25, -0.2) is 4.98 Å². The molecular weight excluding hydrogens is 350 g/mol. The Labute approximate surface area is 166 Å². The van der Waals surface area contributed by atoms with Gasteiger partial charge in [0, 0.05) is 5.57 Å². The maximum absolute atomic E-state index is 12.0. The Morgan fingerprint density at radius 2 is 1.96 bits per heavy atom. The van der Waals surface area contributed by atoms with E-state index in [9.17, 15) is 4.79 Å². The summed E-state index contributed by atoms with van der Waals surface area (Å²) in [4.78, 5) is 16.8. The monoisotopic (exact) mass is 377 g/mol. The van der Waals surface area contributed by atoms with Crippen molar-refractivity contribution >= 4 is 16.9 Å². The fraction of sp³-hybridized carbons (Fsp3) is 0.304. The zero-order valence-electron chi connectivity index (χ0n) is 17.0. The summed E-state index contributed by atoms with van der Waals surface area (Å²) in [7, 11) is 0. The average molecular weight is 377 g/mol. The summed E-state index contributed by atoms with van der Waals surface area (Å²) in [6.07, 6.45) is 0. The molecule has 2 aromatic carbocycles. The Morgan fingerprint density at radius 1 is 1.21 bits per heavy atom. The van der Waals surface area contributed by atoms with Gasteiger partial charge in [-0.15, -0.1) is 0 Å². The first-order valence-corrected chi connectivity index (χ1v) is 9.49. The molecule has 0 aliphatic rings. The van der Waals surface area contributed by atoms with Gasteiger partial charge in [0.15, 0.2) is 0 Å². The van der Waals surface area contributed by atoms with Crippen LogP contribution < -0.4 is 10.1 Å². The van der Waals surface area contributed by atoms with Crippen molar-refractivity contribution in [1.82, 2.24) is 14.9 Å². The van der Waals surface area contributed by atoms with Crippen molar-refractivity contribution in [2.75, 3.05) is 6.61 Å². The molecule has 0 fully saturated rings. The van der Waals surface area contributed by atoms with Crippen molar-refractivity contribution < 1.29 is 9.53 Å². The largest absolute Gasteiger partial charge is 0.491 e. The van der Waals surface area contributed by atoms with E-state index >= 15 is 0 Å². The highest BCUT2D eigenvalue weighted by Crippen LogP contribution is 2.23. The van der Waals surface area contributed by atoms with E-state index < -0.39 is 0 Å². The van der Waals surface area contributed by atoms with Gasteiger partial charge >= 0.3 is 0 Å². The number of hydrogen-bond acceptors (Lipinski definition) is 3. The normalized spacial score (nSPS) is 12.0. The Balaban J connectivity index is 1.83. The van der Waals surface area contributed by atoms with Crippen molar-refractivity contribution in [1.29, 1.82) is 0 Å². The lowest BCUT2D eigenvalue weighted by molar-refractivity contribution is -0.118. The van der Waals surface area contributed by atoms with Gasteiger partial charge < -0.3 is 14.6 Å². The van der Waals surface area contributed by atoms with Crippen molar-refractivity contribution in [3.8, 4) is 5.75 Å². The van der Waals surface area contributed by atoms with E-state index in [0.717, 1.165) is 28.2 Å². The maximum atomic E-state index is 12.0. The Morgan fingerprint density at radius 3 is 2.71 bits per heavy atom. The van der Waals surface area contributed by atoms with Gasteiger partial charge in [0.25, 0.3) is 0 Å². The maximum Gasteiger partial charge on any atom is 0.246 e. The third-order valence-electron chi connectivity index (χ3n) is 4.93. The molecule has 0 bridgehead atoms. The molecule has 3 rings (SSSR count). The summed E-state index contributed by atoms with van der Waals surface area (Å²) in [5.41, 5.74) is 4.77. The highest BCUT2D eigenvalue weighted by Gasteiger charge is 2.18. The molecule has 0 aliphatic heterocycles. The summed E-state index contributed by atoms with van der Waals surface area (Å²) in [5.74, 6) is 1.53. The SMILES string of the molecule is C=C(C)C(=O)NC(C)c1nc2ccccc2n1CCOc1cccc(C)c1C. The van der Waals surface area contributed by atoms with Crippen LogP contribution in [0.15, 0.2) is 54.6 Å². The average Bonchev–Trinajstić information content (AvgIpc) is 3.04. The van der Waals surface area contributed by atoms with Gasteiger partial charge in [-0.05, 0) is 57.0 Å². The molecule has 0 aliphatic carbocycles. The Hall–Kier alpha value is -3.08. The lowest BCUT2D eigenvalue weighted by Crippen LogP contribution is -2.29. The second-order valence-electron chi connectivity index (χ2n) is 7.13. The van der Waals surface area contributed by atoms with E-state index in [0.29, 0.717) is 18.7 Å². The third-order valence-corrected chi connectivity index (χ3v) is 4.93. The number of nitrogens with one attached hydrogen (secondary N) is 1. The molecule has 0 saturated heterocycles. The second-order valence-corrected chi connectivity index (χ2v) is 7.13. The molecule has 1 heterocycles. The van der Waals surface area contributed by atoms with Crippen LogP contribution >= 0.6 is 0 Å². The minimum atomic E-state index is -0.239. The molecule has 3 aromatic rings. The first kappa shape index (κ1) is 19.7. The van der Waals surface area contributed by atoms with Crippen LogP contribution in [0.25, 0.3) is 11.0 Å². The lowest BCUT2D eigenvalue weighted by Gasteiger charge is -2.17. The second kappa shape index (κ2) is 8.30. The number of amides is 1. The van der Waals surface area contributed by atoms with Gasteiger partial charge in [0.1, 0.15) is 18.2 Å². The molecule has 0 spiro atoms. The van der Waals surface area contributed by atoms with Crippen LogP contribution in [0.3, 0.4) is 0 Å². The van der Waals surface area contributed by atoms with Crippen LogP contribution in [0.5, 0.6) is 5.75 Å². The quantitative estimate of drug-likeness (QED) is 0.618. The summed E-state index contributed by atoms with van der Waals surface area (Å²) in [6, 6.07) is 13.8. The van der Waals surface area contributed by atoms with Crippen molar-refractivity contribution in [2.24, 2.45) is 0 Å². The molecule has 1 aromatic heterocycles.